The van der Waals surface area contributed by atoms with E-state index in [0.717, 1.165) is 10.5 Å². The number of benzene rings is 3. The maximum Gasteiger partial charge on any atom is 0.0574 e. The number of rotatable bonds is 3. The molecule has 0 amide bonds. The predicted molar refractivity (Wildman–Crippen MR) is 80.5 cm³/mol. The van der Waals surface area contributed by atoms with Crippen molar-refractivity contribution in [1.29, 1.82) is 0 Å². The van der Waals surface area contributed by atoms with Crippen LogP contribution in [-0.4, -0.2) is 4.21 Å². The lowest BCUT2D eigenvalue weighted by Crippen LogP contribution is -1.97. The lowest BCUT2D eigenvalue weighted by atomic mass is 10.1. The van der Waals surface area contributed by atoms with Gasteiger partial charge in [0.15, 0.2) is 0 Å². The van der Waals surface area contributed by atoms with Crippen LogP contribution in [0.4, 0.5) is 0 Å². The first-order valence-corrected chi connectivity index (χ1v) is 7.56. The molecule has 3 aromatic carbocycles. The van der Waals surface area contributed by atoms with Crippen LogP contribution >= 0.6 is 0 Å². The highest BCUT2D eigenvalue weighted by Gasteiger charge is 2.07. The lowest BCUT2D eigenvalue weighted by molar-refractivity contribution is 0.683. The monoisotopic (exact) mass is 266 g/mol. The lowest BCUT2D eigenvalue weighted by Gasteiger charge is -2.06. The van der Waals surface area contributed by atoms with Crippen LogP contribution in [-0.2, 0) is 16.6 Å². The molecule has 1 unspecified atom stereocenters. The topological polar surface area (TPSA) is 17.1 Å². The molecule has 0 aliphatic carbocycles. The van der Waals surface area contributed by atoms with Gasteiger partial charge in [-0.1, -0.05) is 60.7 Å². The van der Waals surface area contributed by atoms with Crippen LogP contribution in [0.1, 0.15) is 5.56 Å². The van der Waals surface area contributed by atoms with Crippen LogP contribution < -0.4 is 0 Å². The van der Waals surface area contributed by atoms with Gasteiger partial charge >= 0.3 is 0 Å². The van der Waals surface area contributed by atoms with E-state index in [2.05, 4.69) is 24.3 Å². The second kappa shape index (κ2) is 5.37. The summed E-state index contributed by atoms with van der Waals surface area (Å²) in [6.45, 7) is 0. The highest BCUT2D eigenvalue weighted by atomic mass is 32.2. The first kappa shape index (κ1) is 12.1. The third-order valence-corrected chi connectivity index (χ3v) is 4.54. The molecule has 0 saturated heterocycles. The zero-order valence-corrected chi connectivity index (χ0v) is 11.3. The molecule has 1 nitrogen and oxygen atoms in total. The van der Waals surface area contributed by atoms with Gasteiger partial charge in [-0.25, -0.2) is 0 Å². The van der Waals surface area contributed by atoms with E-state index in [1.54, 1.807) is 0 Å². The Morgan fingerprint density at radius 1 is 0.737 bits per heavy atom. The number of hydrogen-bond acceptors (Lipinski definition) is 1. The Morgan fingerprint density at radius 3 is 2.26 bits per heavy atom. The largest absolute Gasteiger partial charge is 0.254 e. The molecule has 0 radical (unpaired) electrons. The molecule has 2 heteroatoms. The van der Waals surface area contributed by atoms with E-state index in [0.29, 0.717) is 5.75 Å². The van der Waals surface area contributed by atoms with Crippen molar-refractivity contribution in [2.45, 2.75) is 10.6 Å². The quantitative estimate of drug-likeness (QED) is 0.696. The Hall–Kier alpha value is -1.93. The number of fused-ring (bicyclic) bond motifs is 1. The van der Waals surface area contributed by atoms with Gasteiger partial charge in [-0.15, -0.1) is 0 Å². The summed E-state index contributed by atoms with van der Waals surface area (Å²) in [6.07, 6.45) is 0. The third-order valence-electron chi connectivity index (χ3n) is 3.17. The molecule has 0 aromatic heterocycles. The van der Waals surface area contributed by atoms with E-state index >= 15 is 0 Å². The van der Waals surface area contributed by atoms with Crippen LogP contribution in [0, 0.1) is 0 Å². The fraction of sp³-hybridized carbons (Fsp3) is 0.0588. The first-order chi connectivity index (χ1) is 9.34. The van der Waals surface area contributed by atoms with E-state index < -0.39 is 10.8 Å². The summed E-state index contributed by atoms with van der Waals surface area (Å²) >= 11 is 0. The van der Waals surface area contributed by atoms with Gasteiger partial charge in [0.05, 0.1) is 16.6 Å². The van der Waals surface area contributed by atoms with E-state index in [1.165, 1.54) is 10.8 Å². The van der Waals surface area contributed by atoms with Crippen molar-refractivity contribution in [3.63, 3.8) is 0 Å². The predicted octanol–water partition coefficient (Wildman–Crippen LogP) is 4.15. The van der Waals surface area contributed by atoms with Gasteiger partial charge in [-0.05, 0) is 28.5 Å². The van der Waals surface area contributed by atoms with E-state index in [-0.39, 0.29) is 0 Å². The van der Waals surface area contributed by atoms with Crippen LogP contribution in [0.2, 0.25) is 0 Å². The van der Waals surface area contributed by atoms with Crippen molar-refractivity contribution >= 4 is 21.6 Å². The summed E-state index contributed by atoms with van der Waals surface area (Å²) < 4.78 is 12.4. The molecule has 0 saturated carbocycles. The minimum atomic E-state index is -0.990. The molecule has 0 spiro atoms. The molecule has 94 valence electrons. The summed E-state index contributed by atoms with van der Waals surface area (Å²) in [4.78, 5) is 0.885. The van der Waals surface area contributed by atoms with Crippen LogP contribution in [0.15, 0.2) is 77.7 Å². The van der Waals surface area contributed by atoms with Crippen LogP contribution in [0.5, 0.6) is 0 Å². The molecule has 0 fully saturated rings. The zero-order chi connectivity index (χ0) is 13.1. The molecule has 0 heterocycles. The van der Waals surface area contributed by atoms with Gasteiger partial charge in [-0.3, -0.25) is 4.21 Å². The minimum absolute atomic E-state index is 0.561. The molecular weight excluding hydrogens is 252 g/mol. The first-order valence-electron chi connectivity index (χ1n) is 6.25. The second-order valence-corrected chi connectivity index (χ2v) is 5.89. The van der Waals surface area contributed by atoms with Gasteiger partial charge in [0.1, 0.15) is 0 Å². The minimum Gasteiger partial charge on any atom is -0.254 e. The van der Waals surface area contributed by atoms with Crippen molar-refractivity contribution in [3.8, 4) is 0 Å². The van der Waals surface area contributed by atoms with Gasteiger partial charge in [0, 0.05) is 4.90 Å². The second-order valence-electron chi connectivity index (χ2n) is 4.44. The maximum absolute atomic E-state index is 12.4. The summed E-state index contributed by atoms with van der Waals surface area (Å²) in [7, 11) is -0.990. The molecule has 0 N–H and O–H groups in total. The average molecular weight is 266 g/mol. The maximum atomic E-state index is 12.4. The van der Waals surface area contributed by atoms with Crippen molar-refractivity contribution in [1.82, 2.24) is 0 Å². The average Bonchev–Trinajstić information content (AvgIpc) is 2.48. The summed E-state index contributed by atoms with van der Waals surface area (Å²) in [5.74, 6) is 0.561. The molecular formula is C17H14OS. The van der Waals surface area contributed by atoms with Gasteiger partial charge in [0.25, 0.3) is 0 Å². The smallest absolute Gasteiger partial charge is 0.0574 e. The molecule has 3 rings (SSSR count). The molecule has 19 heavy (non-hydrogen) atoms. The highest BCUT2D eigenvalue weighted by molar-refractivity contribution is 7.84. The van der Waals surface area contributed by atoms with Crippen LogP contribution in [0.3, 0.4) is 0 Å². The standard InChI is InChI=1S/C17H14OS/c18-19(16-10-2-1-3-11-16)13-15-9-6-8-14-7-4-5-12-17(14)15/h1-12H,13H2. The van der Waals surface area contributed by atoms with E-state index in [4.69, 9.17) is 0 Å². The number of hydrogen-bond donors (Lipinski definition) is 0. The van der Waals surface area contributed by atoms with E-state index in [9.17, 15) is 4.21 Å². The third kappa shape index (κ3) is 2.59. The van der Waals surface area contributed by atoms with E-state index in [1.807, 2.05) is 48.5 Å². The Kier molecular flexibility index (Phi) is 3.43. The van der Waals surface area contributed by atoms with Crippen molar-refractivity contribution in [2.24, 2.45) is 0 Å². The van der Waals surface area contributed by atoms with Gasteiger partial charge in [0.2, 0.25) is 0 Å². The van der Waals surface area contributed by atoms with Crippen molar-refractivity contribution < 1.29 is 4.21 Å². The Morgan fingerprint density at radius 2 is 1.42 bits per heavy atom. The summed E-state index contributed by atoms with van der Waals surface area (Å²) in [5, 5.41) is 2.39. The fourth-order valence-corrected chi connectivity index (χ4v) is 3.38. The fourth-order valence-electron chi connectivity index (χ4n) is 2.22. The Balaban J connectivity index is 1.96. The summed E-state index contributed by atoms with van der Waals surface area (Å²) in [6, 6.07) is 24.0. The normalized spacial score (nSPS) is 12.4. The van der Waals surface area contributed by atoms with Crippen molar-refractivity contribution in [3.05, 3.63) is 78.4 Å². The molecule has 3 aromatic rings. The molecule has 0 aliphatic rings. The Labute approximate surface area is 115 Å². The molecule has 0 aliphatic heterocycles. The van der Waals surface area contributed by atoms with Gasteiger partial charge in [-0.2, -0.15) is 0 Å². The summed E-state index contributed by atoms with van der Waals surface area (Å²) in [5.41, 5.74) is 1.14. The van der Waals surface area contributed by atoms with Crippen molar-refractivity contribution in [2.75, 3.05) is 0 Å². The van der Waals surface area contributed by atoms with Gasteiger partial charge < -0.3 is 0 Å². The Bertz CT molecular complexity index is 714. The SMILES string of the molecule is O=S(Cc1cccc2ccccc12)c1ccccc1. The van der Waals surface area contributed by atoms with Crippen LogP contribution in [0.25, 0.3) is 10.8 Å². The molecule has 0 bridgehead atoms. The highest BCUT2D eigenvalue weighted by Crippen LogP contribution is 2.21. The zero-order valence-electron chi connectivity index (χ0n) is 10.5. The molecule has 1 atom stereocenters.